The normalized spacial score (nSPS) is 11.3. The Morgan fingerprint density at radius 2 is 1.94 bits per heavy atom. The second-order valence-electron chi connectivity index (χ2n) is 7.32. The largest absolute Gasteiger partial charge is 0.462 e. The molecule has 0 saturated heterocycles. The van der Waals surface area contributed by atoms with E-state index in [1.807, 2.05) is 50.2 Å². The Hall–Kier alpha value is -3.49. The van der Waals surface area contributed by atoms with Crippen molar-refractivity contribution in [3.05, 3.63) is 86.9 Å². The van der Waals surface area contributed by atoms with Crippen LogP contribution in [0.4, 0.5) is 0 Å². The van der Waals surface area contributed by atoms with Crippen molar-refractivity contribution in [3.63, 3.8) is 0 Å². The van der Waals surface area contributed by atoms with Crippen LogP contribution in [0.3, 0.4) is 0 Å². The van der Waals surface area contributed by atoms with Gasteiger partial charge in [0, 0.05) is 28.2 Å². The van der Waals surface area contributed by atoms with E-state index in [9.17, 15) is 4.79 Å². The fourth-order valence-electron chi connectivity index (χ4n) is 3.61. The van der Waals surface area contributed by atoms with Crippen LogP contribution in [-0.2, 0) is 4.74 Å². The minimum atomic E-state index is -0.330. The number of hydrogen-bond acceptors (Lipinski definition) is 5. The highest BCUT2D eigenvalue weighted by atomic mass is 35.5. The van der Waals surface area contributed by atoms with Crippen molar-refractivity contribution in [2.45, 2.75) is 20.8 Å². The van der Waals surface area contributed by atoms with E-state index in [-0.39, 0.29) is 5.97 Å². The number of esters is 1. The van der Waals surface area contributed by atoms with Crippen LogP contribution in [0.5, 0.6) is 0 Å². The van der Waals surface area contributed by atoms with Gasteiger partial charge in [-0.2, -0.15) is 14.9 Å². The first-order chi connectivity index (χ1) is 15.9. The van der Waals surface area contributed by atoms with E-state index in [0.717, 1.165) is 28.2 Å². The van der Waals surface area contributed by atoms with Crippen LogP contribution in [0.15, 0.2) is 59.7 Å². The lowest BCUT2D eigenvalue weighted by Crippen LogP contribution is -2.05. The molecule has 0 aliphatic carbocycles. The maximum Gasteiger partial charge on any atom is 0.338 e. The Bertz CT molecular complexity index is 1400. The highest BCUT2D eigenvalue weighted by Crippen LogP contribution is 2.26. The number of rotatable bonds is 6. The van der Waals surface area contributed by atoms with Gasteiger partial charge < -0.3 is 9.30 Å². The van der Waals surface area contributed by atoms with Crippen molar-refractivity contribution in [2.75, 3.05) is 6.61 Å². The summed E-state index contributed by atoms with van der Waals surface area (Å²) < 4.78 is 9.08. The predicted molar refractivity (Wildman–Crippen MR) is 132 cm³/mol. The molecule has 0 atom stereocenters. The minimum Gasteiger partial charge on any atom is -0.462 e. The summed E-state index contributed by atoms with van der Waals surface area (Å²) in [5.74, 6) is 0.203. The summed E-state index contributed by atoms with van der Waals surface area (Å²) in [4.78, 5) is 11.9. The summed E-state index contributed by atoms with van der Waals surface area (Å²) in [6.07, 6.45) is 1.75. The molecule has 0 saturated carbocycles. The lowest BCUT2D eigenvalue weighted by Gasteiger charge is -2.10. The molecular weight excluding hydrogens is 458 g/mol. The number of aryl methyl sites for hydroxylation is 1. The molecule has 0 bridgehead atoms. The Morgan fingerprint density at radius 3 is 2.64 bits per heavy atom. The summed E-state index contributed by atoms with van der Waals surface area (Å²) in [7, 11) is 0. The van der Waals surface area contributed by atoms with Crippen LogP contribution >= 0.6 is 23.8 Å². The van der Waals surface area contributed by atoms with Crippen LogP contribution in [0.2, 0.25) is 5.02 Å². The Morgan fingerprint density at radius 1 is 1.21 bits per heavy atom. The number of hydrogen-bond donors (Lipinski definition) is 1. The van der Waals surface area contributed by atoms with Gasteiger partial charge in [0.2, 0.25) is 4.77 Å². The minimum absolute atomic E-state index is 0.330. The molecule has 168 valence electrons. The maximum absolute atomic E-state index is 11.9. The summed E-state index contributed by atoms with van der Waals surface area (Å²) in [5.41, 5.74) is 5.14. The number of nitrogens with one attached hydrogen (secondary N) is 1. The van der Waals surface area contributed by atoms with E-state index < -0.39 is 0 Å². The van der Waals surface area contributed by atoms with Crippen LogP contribution in [-0.4, -0.2) is 38.2 Å². The van der Waals surface area contributed by atoms with Crippen LogP contribution < -0.4 is 0 Å². The molecule has 0 aliphatic heterocycles. The number of aromatic nitrogens is 4. The molecule has 33 heavy (non-hydrogen) atoms. The van der Waals surface area contributed by atoms with Crippen molar-refractivity contribution in [1.82, 2.24) is 19.4 Å². The van der Waals surface area contributed by atoms with Gasteiger partial charge in [0.05, 0.1) is 23.4 Å². The Labute approximate surface area is 201 Å². The molecule has 2 aromatic heterocycles. The molecule has 9 heteroatoms. The zero-order valence-electron chi connectivity index (χ0n) is 18.4. The average molecular weight is 480 g/mol. The molecular formula is C24H22ClN5O2S. The third kappa shape index (κ3) is 4.53. The highest BCUT2D eigenvalue weighted by molar-refractivity contribution is 7.71. The molecule has 0 unspecified atom stereocenters. The molecule has 1 N–H and O–H groups in total. The number of ether oxygens (including phenoxy) is 1. The van der Waals surface area contributed by atoms with E-state index in [0.29, 0.717) is 27.8 Å². The smallest absolute Gasteiger partial charge is 0.338 e. The van der Waals surface area contributed by atoms with Gasteiger partial charge in [-0.15, -0.1) is 0 Å². The van der Waals surface area contributed by atoms with Gasteiger partial charge in [0.25, 0.3) is 0 Å². The van der Waals surface area contributed by atoms with Gasteiger partial charge in [0.1, 0.15) is 0 Å². The van der Waals surface area contributed by atoms with Gasteiger partial charge in [-0.3, -0.25) is 0 Å². The van der Waals surface area contributed by atoms with Gasteiger partial charge in [-0.25, -0.2) is 9.89 Å². The summed E-state index contributed by atoms with van der Waals surface area (Å²) in [6.45, 7) is 6.16. The molecule has 0 aliphatic rings. The second kappa shape index (κ2) is 9.56. The second-order valence-corrected chi connectivity index (χ2v) is 8.11. The molecule has 0 radical (unpaired) electrons. The SMILES string of the molecule is CCOC(=O)c1ccc(-n2c(C)cc(/C=N/n3c(-c4ccccc4Cl)n[nH]c3=S)c2C)cc1. The Kier molecular flexibility index (Phi) is 6.57. The third-order valence-corrected chi connectivity index (χ3v) is 5.78. The number of benzene rings is 2. The van der Waals surface area contributed by atoms with E-state index in [2.05, 4.69) is 19.9 Å². The molecule has 4 rings (SSSR count). The molecule has 2 heterocycles. The number of carbonyl (C=O) groups excluding carboxylic acids is 1. The quantitative estimate of drug-likeness (QED) is 0.218. The average Bonchev–Trinajstić information content (AvgIpc) is 3.31. The van der Waals surface area contributed by atoms with Crippen molar-refractivity contribution in [3.8, 4) is 17.1 Å². The van der Waals surface area contributed by atoms with Crippen LogP contribution in [0.1, 0.15) is 34.2 Å². The number of nitrogens with zero attached hydrogens (tertiary/aromatic N) is 4. The number of aromatic amines is 1. The summed E-state index contributed by atoms with van der Waals surface area (Å²) >= 11 is 11.7. The van der Waals surface area contributed by atoms with Gasteiger partial charge in [0.15, 0.2) is 5.82 Å². The van der Waals surface area contributed by atoms with E-state index >= 15 is 0 Å². The molecule has 0 fully saturated rings. The number of halogens is 1. The predicted octanol–water partition coefficient (Wildman–Crippen LogP) is 5.73. The van der Waals surface area contributed by atoms with Crippen LogP contribution in [0.25, 0.3) is 17.1 Å². The number of H-pyrrole nitrogens is 1. The lowest BCUT2D eigenvalue weighted by molar-refractivity contribution is 0.0526. The van der Waals surface area contributed by atoms with Crippen LogP contribution in [0, 0.1) is 18.6 Å². The van der Waals surface area contributed by atoms with E-state index in [1.54, 1.807) is 36.0 Å². The van der Waals surface area contributed by atoms with Gasteiger partial charge in [-0.1, -0.05) is 23.7 Å². The van der Waals surface area contributed by atoms with Crippen molar-refractivity contribution < 1.29 is 9.53 Å². The third-order valence-electron chi connectivity index (χ3n) is 5.18. The van der Waals surface area contributed by atoms with Crippen molar-refractivity contribution in [2.24, 2.45) is 5.10 Å². The topological polar surface area (TPSA) is 77.2 Å². The fraction of sp³-hybridized carbons (Fsp3) is 0.167. The molecule has 0 amide bonds. The first-order valence-electron chi connectivity index (χ1n) is 10.3. The first kappa shape index (κ1) is 22.7. The summed E-state index contributed by atoms with van der Waals surface area (Å²) in [5, 5.41) is 12.2. The Balaban J connectivity index is 1.67. The summed E-state index contributed by atoms with van der Waals surface area (Å²) in [6, 6.07) is 16.8. The molecule has 2 aromatic carbocycles. The molecule has 7 nitrogen and oxygen atoms in total. The first-order valence-corrected chi connectivity index (χ1v) is 11.1. The standard InChI is InChI=1S/C24H22ClN5O2S/c1-4-32-23(31)17-9-11-19(12-10-17)29-15(2)13-18(16(29)3)14-26-30-22(27-28-24(30)33)20-7-5-6-8-21(20)25/h5-14H,4H2,1-3H3,(H,28,33)/b26-14+. The highest BCUT2D eigenvalue weighted by Gasteiger charge is 2.14. The van der Waals surface area contributed by atoms with Crippen molar-refractivity contribution >= 4 is 36.0 Å². The number of carbonyl (C=O) groups is 1. The van der Waals surface area contributed by atoms with Gasteiger partial charge >= 0.3 is 5.97 Å². The van der Waals surface area contributed by atoms with Crippen molar-refractivity contribution in [1.29, 1.82) is 0 Å². The zero-order chi connectivity index (χ0) is 23.5. The molecule has 4 aromatic rings. The molecule has 0 spiro atoms. The zero-order valence-corrected chi connectivity index (χ0v) is 19.9. The lowest BCUT2D eigenvalue weighted by atomic mass is 10.2. The maximum atomic E-state index is 11.9. The van der Waals surface area contributed by atoms with E-state index in [4.69, 9.17) is 28.6 Å². The fourth-order valence-corrected chi connectivity index (χ4v) is 4.01. The van der Waals surface area contributed by atoms with Gasteiger partial charge in [-0.05, 0) is 75.5 Å². The monoisotopic (exact) mass is 479 g/mol. The van der Waals surface area contributed by atoms with E-state index in [1.165, 1.54) is 0 Å².